The zero-order chi connectivity index (χ0) is 10.4. The van der Waals surface area contributed by atoms with Gasteiger partial charge < -0.3 is 20.5 Å². The number of hydrogen-bond donors (Lipinski definition) is 3. The van der Waals surface area contributed by atoms with Gasteiger partial charge in [-0.3, -0.25) is 9.59 Å². The molecular weight excluding hydrogens is 176 g/mol. The molecule has 0 aromatic carbocycles. The fourth-order valence-electron chi connectivity index (χ4n) is 0.757. The van der Waals surface area contributed by atoms with Crippen LogP contribution in [0.2, 0.25) is 0 Å². The van der Waals surface area contributed by atoms with Gasteiger partial charge in [0.2, 0.25) is 11.8 Å². The number of hydrogen-bond acceptors (Lipinski definition) is 4. The molecule has 0 radical (unpaired) electrons. The Labute approximate surface area is 75.3 Å². The van der Waals surface area contributed by atoms with Crippen LogP contribution < -0.4 is 10.6 Å². The van der Waals surface area contributed by atoms with Crippen molar-refractivity contribution in [1.29, 1.82) is 0 Å². The summed E-state index contributed by atoms with van der Waals surface area (Å²) in [6.07, 6.45) is -1.40. The van der Waals surface area contributed by atoms with Crippen LogP contribution in [-0.4, -0.2) is 43.4 Å². The Balaban J connectivity index is 4.48. The highest BCUT2D eigenvalue weighted by Crippen LogP contribution is 2.00. The van der Waals surface area contributed by atoms with Gasteiger partial charge in [0.25, 0.3) is 0 Å². The van der Waals surface area contributed by atoms with Crippen molar-refractivity contribution in [3.63, 3.8) is 0 Å². The maximum Gasteiger partial charge on any atom is 0.249 e. The quantitative estimate of drug-likeness (QED) is 0.340. The Morgan fingerprint density at radius 1 is 1.23 bits per heavy atom. The third-order valence-electron chi connectivity index (χ3n) is 1.55. The van der Waals surface area contributed by atoms with Crippen molar-refractivity contribution in [2.24, 2.45) is 5.92 Å². The van der Waals surface area contributed by atoms with E-state index in [0.29, 0.717) is 0 Å². The number of carbonyl (C=O) groups excluding carboxylic acids is 3. The molecule has 0 aromatic rings. The highest BCUT2D eigenvalue weighted by atomic mass is 16.3. The van der Waals surface area contributed by atoms with Crippen LogP contribution in [0.25, 0.3) is 0 Å². The lowest BCUT2D eigenvalue weighted by molar-refractivity contribution is -0.142. The maximum atomic E-state index is 10.9. The number of aliphatic hydroxyl groups excluding tert-OH is 1. The molecule has 2 amide bonds. The van der Waals surface area contributed by atoms with Crippen molar-refractivity contribution in [2.75, 3.05) is 14.1 Å². The third kappa shape index (κ3) is 2.83. The summed E-state index contributed by atoms with van der Waals surface area (Å²) in [6, 6.07) is 0. The summed E-state index contributed by atoms with van der Waals surface area (Å²) in [7, 11) is 2.62. The van der Waals surface area contributed by atoms with Gasteiger partial charge in [-0.2, -0.15) is 0 Å². The second kappa shape index (κ2) is 5.26. The van der Waals surface area contributed by atoms with E-state index >= 15 is 0 Å². The van der Waals surface area contributed by atoms with Crippen molar-refractivity contribution >= 4 is 18.1 Å². The van der Waals surface area contributed by atoms with E-state index in [-0.39, 0.29) is 6.29 Å². The SMILES string of the molecule is CNC(=O)[C@H](O)[C@@H](C=O)C(=O)NC. The summed E-state index contributed by atoms with van der Waals surface area (Å²) in [4.78, 5) is 32.1. The minimum Gasteiger partial charge on any atom is -0.382 e. The Hall–Kier alpha value is -1.43. The van der Waals surface area contributed by atoms with E-state index in [4.69, 9.17) is 0 Å². The molecule has 0 unspecified atom stereocenters. The zero-order valence-electron chi connectivity index (χ0n) is 7.40. The molecule has 13 heavy (non-hydrogen) atoms. The third-order valence-corrected chi connectivity index (χ3v) is 1.55. The molecule has 3 N–H and O–H groups in total. The molecule has 0 bridgehead atoms. The molecule has 0 fully saturated rings. The lowest BCUT2D eigenvalue weighted by atomic mass is 10.0. The van der Waals surface area contributed by atoms with Gasteiger partial charge in [-0.15, -0.1) is 0 Å². The van der Waals surface area contributed by atoms with Crippen LogP contribution in [0, 0.1) is 5.92 Å². The average Bonchev–Trinajstić information content (AvgIpc) is 2.17. The lowest BCUT2D eigenvalue weighted by Gasteiger charge is -2.14. The summed E-state index contributed by atoms with van der Waals surface area (Å²) in [5.41, 5.74) is 0. The van der Waals surface area contributed by atoms with Gasteiger partial charge in [-0.05, 0) is 0 Å². The molecule has 2 atom stereocenters. The van der Waals surface area contributed by atoms with Gasteiger partial charge in [0, 0.05) is 14.1 Å². The standard InChI is InChI=1S/C7H12N2O4/c1-8-6(12)4(3-10)5(11)7(13)9-2/h3-5,11H,1-2H3,(H,8,12)(H,9,13)/t4-,5-/m1/s1. The first-order valence-electron chi connectivity index (χ1n) is 3.65. The van der Waals surface area contributed by atoms with E-state index in [9.17, 15) is 19.5 Å². The van der Waals surface area contributed by atoms with E-state index in [2.05, 4.69) is 10.6 Å². The fraction of sp³-hybridized carbons (Fsp3) is 0.571. The van der Waals surface area contributed by atoms with Crippen LogP contribution in [-0.2, 0) is 14.4 Å². The monoisotopic (exact) mass is 188 g/mol. The molecule has 0 aliphatic carbocycles. The van der Waals surface area contributed by atoms with E-state index in [0.717, 1.165) is 0 Å². The van der Waals surface area contributed by atoms with Gasteiger partial charge >= 0.3 is 0 Å². The molecule has 6 heteroatoms. The number of aliphatic hydroxyl groups is 1. The Morgan fingerprint density at radius 2 is 1.69 bits per heavy atom. The van der Waals surface area contributed by atoms with Crippen LogP contribution in [0.5, 0.6) is 0 Å². The Bertz CT molecular complexity index is 217. The van der Waals surface area contributed by atoms with Gasteiger partial charge in [0.15, 0.2) is 6.10 Å². The van der Waals surface area contributed by atoms with E-state index in [1.807, 2.05) is 0 Å². The molecule has 0 saturated carbocycles. The lowest BCUT2D eigenvalue weighted by Crippen LogP contribution is -2.44. The summed E-state index contributed by atoms with van der Waals surface area (Å²) < 4.78 is 0. The van der Waals surface area contributed by atoms with Crippen LogP contribution in [0.3, 0.4) is 0 Å². The molecule has 6 nitrogen and oxygen atoms in total. The first kappa shape index (κ1) is 11.6. The summed E-state index contributed by atoms with van der Waals surface area (Å²) >= 11 is 0. The second-order valence-corrected chi connectivity index (χ2v) is 2.34. The Kier molecular flexibility index (Phi) is 4.68. The molecule has 74 valence electrons. The molecule has 0 saturated heterocycles. The zero-order valence-corrected chi connectivity index (χ0v) is 7.40. The van der Waals surface area contributed by atoms with Crippen molar-refractivity contribution in [2.45, 2.75) is 6.10 Å². The second-order valence-electron chi connectivity index (χ2n) is 2.34. The summed E-state index contributed by atoms with van der Waals surface area (Å²) in [5, 5.41) is 13.5. The van der Waals surface area contributed by atoms with Crippen LogP contribution in [0.1, 0.15) is 0 Å². The largest absolute Gasteiger partial charge is 0.382 e. The number of nitrogens with one attached hydrogen (secondary N) is 2. The van der Waals surface area contributed by atoms with Gasteiger partial charge in [-0.1, -0.05) is 0 Å². The van der Waals surface area contributed by atoms with E-state index in [1.165, 1.54) is 14.1 Å². The van der Waals surface area contributed by atoms with Crippen molar-refractivity contribution in [1.82, 2.24) is 10.6 Å². The maximum absolute atomic E-state index is 10.9. The predicted molar refractivity (Wildman–Crippen MR) is 43.7 cm³/mol. The molecule has 0 aromatic heterocycles. The number of amides is 2. The molecule has 0 aliphatic rings. The smallest absolute Gasteiger partial charge is 0.249 e. The first-order valence-corrected chi connectivity index (χ1v) is 3.65. The minimum absolute atomic E-state index is 0.235. The molecular formula is C7H12N2O4. The fourth-order valence-corrected chi connectivity index (χ4v) is 0.757. The number of carbonyl (C=O) groups is 3. The Morgan fingerprint density at radius 3 is 2.00 bits per heavy atom. The highest BCUT2D eigenvalue weighted by Gasteiger charge is 2.30. The topological polar surface area (TPSA) is 95.5 Å². The highest BCUT2D eigenvalue weighted by molar-refractivity contribution is 5.98. The molecule has 0 aliphatic heterocycles. The van der Waals surface area contributed by atoms with Crippen LogP contribution in [0.4, 0.5) is 0 Å². The minimum atomic E-state index is -1.64. The van der Waals surface area contributed by atoms with Crippen molar-refractivity contribution in [3.8, 4) is 0 Å². The summed E-state index contributed by atoms with van der Waals surface area (Å²) in [5.74, 6) is -2.81. The van der Waals surface area contributed by atoms with Crippen molar-refractivity contribution in [3.05, 3.63) is 0 Å². The van der Waals surface area contributed by atoms with Gasteiger partial charge in [0.05, 0.1) is 0 Å². The van der Waals surface area contributed by atoms with Gasteiger partial charge in [-0.25, -0.2) is 0 Å². The average molecular weight is 188 g/mol. The first-order chi connectivity index (χ1) is 6.08. The molecule has 0 spiro atoms. The number of rotatable bonds is 4. The van der Waals surface area contributed by atoms with Gasteiger partial charge in [0.1, 0.15) is 12.2 Å². The molecule has 0 rings (SSSR count). The van der Waals surface area contributed by atoms with E-state index < -0.39 is 23.8 Å². The van der Waals surface area contributed by atoms with Crippen LogP contribution in [0.15, 0.2) is 0 Å². The predicted octanol–water partition coefficient (Wildman–Crippen LogP) is -2.35. The number of likely N-dealkylation sites (N-methyl/N-ethyl adjacent to an activating group) is 1. The van der Waals surface area contributed by atoms with E-state index in [1.54, 1.807) is 0 Å². The number of aldehydes is 1. The van der Waals surface area contributed by atoms with Crippen molar-refractivity contribution < 1.29 is 19.5 Å². The van der Waals surface area contributed by atoms with Crippen LogP contribution >= 0.6 is 0 Å². The molecule has 0 heterocycles. The summed E-state index contributed by atoms with van der Waals surface area (Å²) in [6.45, 7) is 0. The normalized spacial score (nSPS) is 14.1.